The van der Waals surface area contributed by atoms with Gasteiger partial charge < -0.3 is 5.11 Å². The van der Waals surface area contributed by atoms with E-state index >= 15 is 0 Å². The number of likely N-dealkylation sites (tertiary alicyclic amines) is 1. The standard InChI is InChI=1S/C15H21NO4/c1-8(2)6-12(15(19)20)16-13(17)10-5-4-9(3)7-11(10)14(16)18/h4,8,10-12H,5-7H2,1-3H3,(H,19,20)/t10-,11+,12+/m1/s1. The van der Waals surface area contributed by atoms with Crippen molar-refractivity contribution < 1.29 is 19.5 Å². The minimum Gasteiger partial charge on any atom is -0.480 e. The molecule has 1 aliphatic heterocycles. The molecule has 1 heterocycles. The van der Waals surface area contributed by atoms with E-state index in [1.54, 1.807) is 0 Å². The van der Waals surface area contributed by atoms with E-state index in [1.165, 1.54) is 0 Å². The van der Waals surface area contributed by atoms with Gasteiger partial charge in [0.15, 0.2) is 0 Å². The Morgan fingerprint density at radius 1 is 1.35 bits per heavy atom. The molecule has 1 fully saturated rings. The van der Waals surface area contributed by atoms with Gasteiger partial charge in [0.25, 0.3) is 0 Å². The van der Waals surface area contributed by atoms with Gasteiger partial charge in [0, 0.05) is 0 Å². The van der Waals surface area contributed by atoms with E-state index in [4.69, 9.17) is 0 Å². The zero-order valence-corrected chi connectivity index (χ0v) is 12.1. The second-order valence-corrected chi connectivity index (χ2v) is 6.23. The Bertz CT molecular complexity index is 480. The molecular formula is C15H21NO4. The first-order valence-corrected chi connectivity index (χ1v) is 7.08. The molecule has 1 saturated heterocycles. The van der Waals surface area contributed by atoms with E-state index in [-0.39, 0.29) is 29.6 Å². The SMILES string of the molecule is CC1=CC[C@H]2C(=O)N([C@@H](CC(C)C)C(=O)O)C(=O)[C@H]2C1. The molecule has 0 aromatic rings. The highest BCUT2D eigenvalue weighted by Crippen LogP contribution is 2.39. The van der Waals surface area contributed by atoms with Crippen molar-refractivity contribution in [2.75, 3.05) is 0 Å². The van der Waals surface area contributed by atoms with Gasteiger partial charge in [-0.1, -0.05) is 25.5 Å². The number of carboxylic acid groups (broad SMARTS) is 1. The highest BCUT2D eigenvalue weighted by molar-refractivity contribution is 6.08. The first-order chi connectivity index (χ1) is 9.32. The van der Waals surface area contributed by atoms with Gasteiger partial charge in [0.05, 0.1) is 11.8 Å². The summed E-state index contributed by atoms with van der Waals surface area (Å²) in [5.74, 6) is -2.32. The van der Waals surface area contributed by atoms with Crippen LogP contribution >= 0.6 is 0 Å². The number of hydrogen-bond acceptors (Lipinski definition) is 3. The number of allylic oxidation sites excluding steroid dienone is 2. The van der Waals surface area contributed by atoms with Crippen LogP contribution in [0.1, 0.15) is 40.0 Å². The molecule has 0 aromatic heterocycles. The van der Waals surface area contributed by atoms with Crippen LogP contribution in [0.2, 0.25) is 0 Å². The lowest BCUT2D eigenvalue weighted by Gasteiger charge is -2.24. The number of imide groups is 1. The van der Waals surface area contributed by atoms with Crippen molar-refractivity contribution in [3.8, 4) is 0 Å². The molecule has 1 aliphatic carbocycles. The quantitative estimate of drug-likeness (QED) is 0.629. The third-order valence-electron chi connectivity index (χ3n) is 4.15. The van der Waals surface area contributed by atoms with E-state index in [1.807, 2.05) is 26.8 Å². The Kier molecular flexibility index (Phi) is 3.97. The maximum absolute atomic E-state index is 12.4. The first-order valence-electron chi connectivity index (χ1n) is 7.08. The van der Waals surface area contributed by atoms with Crippen LogP contribution in [0.5, 0.6) is 0 Å². The molecule has 20 heavy (non-hydrogen) atoms. The summed E-state index contributed by atoms with van der Waals surface area (Å²) in [6.45, 7) is 5.72. The highest BCUT2D eigenvalue weighted by atomic mass is 16.4. The predicted molar refractivity (Wildman–Crippen MR) is 72.7 cm³/mol. The Morgan fingerprint density at radius 2 is 1.95 bits per heavy atom. The van der Waals surface area contributed by atoms with Crippen LogP contribution in [0.4, 0.5) is 0 Å². The molecule has 0 aromatic carbocycles. The summed E-state index contributed by atoms with van der Waals surface area (Å²) in [4.78, 5) is 37.3. The molecule has 1 N–H and O–H groups in total. The van der Waals surface area contributed by atoms with E-state index in [0.29, 0.717) is 19.3 Å². The number of rotatable bonds is 4. The largest absolute Gasteiger partial charge is 0.480 e. The zero-order chi connectivity index (χ0) is 15.0. The van der Waals surface area contributed by atoms with E-state index in [9.17, 15) is 19.5 Å². The number of fused-ring (bicyclic) bond motifs is 1. The monoisotopic (exact) mass is 279 g/mol. The minimum absolute atomic E-state index is 0.110. The van der Waals surface area contributed by atoms with Gasteiger partial charge in [-0.25, -0.2) is 4.79 Å². The number of carbonyl (C=O) groups excluding carboxylic acids is 2. The first kappa shape index (κ1) is 14.8. The van der Waals surface area contributed by atoms with Crippen LogP contribution in [0.15, 0.2) is 11.6 Å². The summed E-state index contributed by atoms with van der Waals surface area (Å²) >= 11 is 0. The van der Waals surface area contributed by atoms with Gasteiger partial charge in [-0.2, -0.15) is 0 Å². The van der Waals surface area contributed by atoms with Crippen molar-refractivity contribution >= 4 is 17.8 Å². The molecule has 0 saturated carbocycles. The molecule has 0 bridgehead atoms. The Balaban J connectivity index is 2.27. The average Bonchev–Trinajstić information content (AvgIpc) is 2.58. The molecule has 5 heteroatoms. The fraction of sp³-hybridized carbons (Fsp3) is 0.667. The van der Waals surface area contributed by atoms with Crippen LogP contribution in [-0.4, -0.2) is 33.8 Å². The van der Waals surface area contributed by atoms with Crippen molar-refractivity contribution in [3.05, 3.63) is 11.6 Å². The number of nitrogens with zero attached hydrogens (tertiary/aromatic N) is 1. The van der Waals surface area contributed by atoms with Gasteiger partial charge in [-0.05, 0) is 32.1 Å². The molecule has 110 valence electrons. The third-order valence-corrected chi connectivity index (χ3v) is 4.15. The van der Waals surface area contributed by atoms with Crippen LogP contribution in [0.3, 0.4) is 0 Å². The fourth-order valence-electron chi connectivity index (χ4n) is 3.13. The summed E-state index contributed by atoms with van der Waals surface area (Å²) in [5.41, 5.74) is 1.10. The molecule has 2 aliphatic rings. The lowest BCUT2D eigenvalue weighted by atomic mass is 9.82. The van der Waals surface area contributed by atoms with Gasteiger partial charge in [-0.15, -0.1) is 0 Å². The van der Waals surface area contributed by atoms with E-state index < -0.39 is 12.0 Å². The van der Waals surface area contributed by atoms with Crippen molar-refractivity contribution in [1.29, 1.82) is 0 Å². The average molecular weight is 279 g/mol. The van der Waals surface area contributed by atoms with E-state index in [0.717, 1.165) is 10.5 Å². The number of amides is 2. The predicted octanol–water partition coefficient (Wildman–Crippen LogP) is 1.83. The second kappa shape index (κ2) is 5.38. The lowest BCUT2D eigenvalue weighted by Crippen LogP contribution is -2.46. The van der Waals surface area contributed by atoms with Gasteiger partial charge >= 0.3 is 5.97 Å². The number of carboxylic acids is 1. The Morgan fingerprint density at radius 3 is 2.50 bits per heavy atom. The number of hydrogen-bond donors (Lipinski definition) is 1. The lowest BCUT2D eigenvalue weighted by molar-refractivity contribution is -0.155. The molecule has 0 radical (unpaired) electrons. The zero-order valence-electron chi connectivity index (χ0n) is 12.1. The molecule has 3 atom stereocenters. The summed E-state index contributed by atoms with van der Waals surface area (Å²) in [6, 6.07) is -1.03. The van der Waals surface area contributed by atoms with Crippen LogP contribution in [0.25, 0.3) is 0 Å². The van der Waals surface area contributed by atoms with Gasteiger partial charge in [-0.3, -0.25) is 14.5 Å². The second-order valence-electron chi connectivity index (χ2n) is 6.23. The minimum atomic E-state index is -1.09. The Hall–Kier alpha value is -1.65. The number of aliphatic carboxylic acids is 1. The van der Waals surface area contributed by atoms with Crippen LogP contribution < -0.4 is 0 Å². The molecule has 2 rings (SSSR count). The van der Waals surface area contributed by atoms with Crippen molar-refractivity contribution in [1.82, 2.24) is 4.90 Å². The van der Waals surface area contributed by atoms with Crippen molar-refractivity contribution in [2.24, 2.45) is 17.8 Å². The Labute approximate surface area is 118 Å². The van der Waals surface area contributed by atoms with Crippen LogP contribution in [0, 0.1) is 17.8 Å². The summed E-state index contributed by atoms with van der Waals surface area (Å²) in [7, 11) is 0. The number of carbonyl (C=O) groups is 3. The normalized spacial score (nSPS) is 27.6. The maximum Gasteiger partial charge on any atom is 0.326 e. The molecular weight excluding hydrogens is 258 g/mol. The van der Waals surface area contributed by atoms with Crippen molar-refractivity contribution in [2.45, 2.75) is 46.1 Å². The third kappa shape index (κ3) is 2.49. The summed E-state index contributed by atoms with van der Waals surface area (Å²) in [5, 5.41) is 9.34. The van der Waals surface area contributed by atoms with Crippen molar-refractivity contribution in [3.63, 3.8) is 0 Å². The maximum atomic E-state index is 12.4. The topological polar surface area (TPSA) is 74.7 Å². The summed E-state index contributed by atoms with van der Waals surface area (Å²) in [6.07, 6.45) is 3.40. The van der Waals surface area contributed by atoms with Gasteiger partial charge in [0.1, 0.15) is 6.04 Å². The summed E-state index contributed by atoms with van der Waals surface area (Å²) < 4.78 is 0. The van der Waals surface area contributed by atoms with Gasteiger partial charge in [0.2, 0.25) is 11.8 Å². The smallest absolute Gasteiger partial charge is 0.326 e. The molecule has 2 amide bonds. The molecule has 0 spiro atoms. The molecule has 5 nitrogen and oxygen atoms in total. The fourth-order valence-corrected chi connectivity index (χ4v) is 3.13. The van der Waals surface area contributed by atoms with E-state index in [2.05, 4.69) is 0 Å². The highest BCUT2D eigenvalue weighted by Gasteiger charge is 2.51. The molecule has 0 unspecified atom stereocenters. The van der Waals surface area contributed by atoms with Crippen LogP contribution in [-0.2, 0) is 14.4 Å².